The van der Waals surface area contributed by atoms with E-state index in [1.54, 1.807) is 0 Å². The van der Waals surface area contributed by atoms with E-state index in [0.717, 1.165) is 43.7 Å². The fourth-order valence-electron chi connectivity index (χ4n) is 1.96. The second-order valence-electron chi connectivity index (χ2n) is 4.58. The molecule has 1 aromatic carbocycles. The van der Waals surface area contributed by atoms with Gasteiger partial charge >= 0.3 is 0 Å². The molecule has 0 aliphatic heterocycles. The second kappa shape index (κ2) is 9.48. The van der Waals surface area contributed by atoms with Gasteiger partial charge in [-0.2, -0.15) is 0 Å². The fraction of sp³-hybridized carbons (Fsp3) is 0.600. The third kappa shape index (κ3) is 6.52. The molecule has 0 aromatic heterocycles. The average molecular weight is 329 g/mol. The van der Waals surface area contributed by atoms with E-state index in [1.807, 2.05) is 19.1 Å². The Bertz CT molecular complexity index is 343. The highest BCUT2D eigenvalue weighted by atomic mass is 79.9. The molecule has 0 aliphatic rings. The molecule has 108 valence electrons. The van der Waals surface area contributed by atoms with Gasteiger partial charge in [0, 0.05) is 30.2 Å². The lowest BCUT2D eigenvalue weighted by Crippen LogP contribution is -2.30. The number of halogens is 1. The Morgan fingerprint density at radius 3 is 2.47 bits per heavy atom. The minimum atomic E-state index is 0.106. The van der Waals surface area contributed by atoms with Gasteiger partial charge in [0.25, 0.3) is 0 Å². The molecule has 0 fully saturated rings. The quantitative estimate of drug-likeness (QED) is 0.707. The first-order chi connectivity index (χ1) is 9.17. The van der Waals surface area contributed by atoms with E-state index in [2.05, 4.69) is 39.9 Å². The molecule has 4 heteroatoms. The van der Waals surface area contributed by atoms with Crippen LogP contribution in [0, 0.1) is 0 Å². The average Bonchev–Trinajstić information content (AvgIpc) is 2.43. The van der Waals surface area contributed by atoms with Crippen LogP contribution in [-0.4, -0.2) is 37.7 Å². The lowest BCUT2D eigenvalue weighted by Gasteiger charge is -2.22. The van der Waals surface area contributed by atoms with Crippen LogP contribution in [0.5, 0.6) is 0 Å². The first-order valence-electron chi connectivity index (χ1n) is 6.98. The van der Waals surface area contributed by atoms with Gasteiger partial charge < -0.3 is 15.4 Å². The van der Waals surface area contributed by atoms with Crippen molar-refractivity contribution in [2.24, 2.45) is 5.73 Å². The highest BCUT2D eigenvalue weighted by Crippen LogP contribution is 2.17. The molecule has 0 amide bonds. The zero-order chi connectivity index (χ0) is 14.1. The Balaban J connectivity index is 2.34. The number of nitrogens with two attached hydrogens (primary N) is 1. The molecule has 0 heterocycles. The molecule has 2 N–H and O–H groups in total. The second-order valence-corrected chi connectivity index (χ2v) is 5.49. The number of benzene rings is 1. The van der Waals surface area contributed by atoms with Crippen LogP contribution in [0.25, 0.3) is 0 Å². The van der Waals surface area contributed by atoms with Gasteiger partial charge in [-0.15, -0.1) is 0 Å². The molecule has 0 saturated heterocycles. The summed E-state index contributed by atoms with van der Waals surface area (Å²) >= 11 is 3.44. The zero-order valence-corrected chi connectivity index (χ0v) is 13.5. The summed E-state index contributed by atoms with van der Waals surface area (Å²) in [5.74, 6) is 0. The number of hydrogen-bond acceptors (Lipinski definition) is 3. The Morgan fingerprint density at radius 2 is 1.89 bits per heavy atom. The van der Waals surface area contributed by atoms with Gasteiger partial charge in [-0.05, 0) is 37.6 Å². The van der Waals surface area contributed by atoms with Crippen LogP contribution in [0.3, 0.4) is 0 Å². The van der Waals surface area contributed by atoms with Gasteiger partial charge in [-0.1, -0.05) is 35.0 Å². The topological polar surface area (TPSA) is 38.5 Å². The summed E-state index contributed by atoms with van der Waals surface area (Å²) in [7, 11) is 0. The summed E-state index contributed by atoms with van der Waals surface area (Å²) in [6.45, 7) is 8.84. The van der Waals surface area contributed by atoms with Crippen LogP contribution in [0.4, 0.5) is 0 Å². The highest BCUT2D eigenvalue weighted by molar-refractivity contribution is 9.10. The Labute approximate surface area is 125 Å². The minimum absolute atomic E-state index is 0.106. The number of ether oxygens (including phenoxy) is 1. The SMILES string of the molecule is CCOCCN(CC)CCC(N)c1ccc(Br)cc1. The standard InChI is InChI=1S/C15H25BrN2O/c1-3-18(11-12-19-4-2)10-9-15(17)13-5-7-14(16)8-6-13/h5-8,15H,3-4,9-12,17H2,1-2H3. The van der Waals surface area contributed by atoms with Crippen molar-refractivity contribution in [2.75, 3.05) is 32.8 Å². The summed E-state index contributed by atoms with van der Waals surface area (Å²) in [5, 5.41) is 0. The molecule has 0 bridgehead atoms. The normalized spacial score (nSPS) is 12.9. The third-order valence-electron chi connectivity index (χ3n) is 3.26. The van der Waals surface area contributed by atoms with Crippen LogP contribution in [-0.2, 0) is 4.74 Å². The number of rotatable bonds is 9. The lowest BCUT2D eigenvalue weighted by atomic mass is 10.0. The van der Waals surface area contributed by atoms with Gasteiger partial charge in [0.1, 0.15) is 0 Å². The maximum atomic E-state index is 6.23. The van der Waals surface area contributed by atoms with Crippen molar-refractivity contribution in [3.05, 3.63) is 34.3 Å². The van der Waals surface area contributed by atoms with Crippen LogP contribution in [0.15, 0.2) is 28.7 Å². The summed E-state index contributed by atoms with van der Waals surface area (Å²) in [4.78, 5) is 2.38. The van der Waals surface area contributed by atoms with Gasteiger partial charge in [-0.25, -0.2) is 0 Å². The maximum Gasteiger partial charge on any atom is 0.0593 e. The molecule has 1 atom stereocenters. The van der Waals surface area contributed by atoms with E-state index in [1.165, 1.54) is 5.56 Å². The predicted octanol–water partition coefficient (Wildman–Crippen LogP) is 3.20. The Hall–Kier alpha value is -0.420. The van der Waals surface area contributed by atoms with Gasteiger partial charge in [0.2, 0.25) is 0 Å². The molecule has 19 heavy (non-hydrogen) atoms. The summed E-state index contributed by atoms with van der Waals surface area (Å²) in [5.41, 5.74) is 7.43. The number of hydrogen-bond donors (Lipinski definition) is 1. The maximum absolute atomic E-state index is 6.23. The summed E-state index contributed by atoms with van der Waals surface area (Å²) < 4.78 is 6.49. The molecule has 0 spiro atoms. The molecule has 0 saturated carbocycles. The van der Waals surface area contributed by atoms with E-state index in [-0.39, 0.29) is 6.04 Å². The van der Waals surface area contributed by atoms with Crippen molar-refractivity contribution in [2.45, 2.75) is 26.3 Å². The highest BCUT2D eigenvalue weighted by Gasteiger charge is 2.09. The van der Waals surface area contributed by atoms with E-state index < -0.39 is 0 Å². The first-order valence-corrected chi connectivity index (χ1v) is 7.77. The smallest absolute Gasteiger partial charge is 0.0593 e. The van der Waals surface area contributed by atoms with Crippen molar-refractivity contribution in [3.63, 3.8) is 0 Å². The van der Waals surface area contributed by atoms with Crippen LogP contribution < -0.4 is 5.73 Å². The van der Waals surface area contributed by atoms with Crippen molar-refractivity contribution < 1.29 is 4.74 Å². The minimum Gasteiger partial charge on any atom is -0.380 e. The molecule has 3 nitrogen and oxygen atoms in total. The van der Waals surface area contributed by atoms with Gasteiger partial charge in [0.05, 0.1) is 6.61 Å². The number of nitrogens with zero attached hydrogens (tertiary/aromatic N) is 1. The first kappa shape index (κ1) is 16.6. The van der Waals surface area contributed by atoms with E-state index in [9.17, 15) is 0 Å². The zero-order valence-electron chi connectivity index (χ0n) is 11.9. The van der Waals surface area contributed by atoms with Crippen LogP contribution in [0.1, 0.15) is 31.9 Å². The van der Waals surface area contributed by atoms with E-state index >= 15 is 0 Å². The van der Waals surface area contributed by atoms with Crippen molar-refractivity contribution in [3.8, 4) is 0 Å². The Kier molecular flexibility index (Phi) is 8.30. The fourth-order valence-corrected chi connectivity index (χ4v) is 2.23. The third-order valence-corrected chi connectivity index (χ3v) is 3.79. The lowest BCUT2D eigenvalue weighted by molar-refractivity contribution is 0.114. The molecule has 1 rings (SSSR count). The largest absolute Gasteiger partial charge is 0.380 e. The number of likely N-dealkylation sites (N-methyl/N-ethyl adjacent to an activating group) is 1. The molecule has 1 aromatic rings. The molecular weight excluding hydrogens is 304 g/mol. The van der Waals surface area contributed by atoms with Gasteiger partial charge in [0.15, 0.2) is 0 Å². The molecule has 1 unspecified atom stereocenters. The van der Waals surface area contributed by atoms with E-state index in [0.29, 0.717) is 0 Å². The predicted molar refractivity (Wildman–Crippen MR) is 84.3 cm³/mol. The molecule has 0 aliphatic carbocycles. The monoisotopic (exact) mass is 328 g/mol. The van der Waals surface area contributed by atoms with Crippen LogP contribution in [0.2, 0.25) is 0 Å². The molecule has 0 radical (unpaired) electrons. The van der Waals surface area contributed by atoms with E-state index in [4.69, 9.17) is 10.5 Å². The summed E-state index contributed by atoms with van der Waals surface area (Å²) in [6.07, 6.45) is 0.974. The van der Waals surface area contributed by atoms with Crippen LogP contribution >= 0.6 is 15.9 Å². The molecular formula is C15H25BrN2O. The Morgan fingerprint density at radius 1 is 1.21 bits per heavy atom. The van der Waals surface area contributed by atoms with Crippen molar-refractivity contribution >= 4 is 15.9 Å². The van der Waals surface area contributed by atoms with Crippen molar-refractivity contribution in [1.82, 2.24) is 4.90 Å². The summed E-state index contributed by atoms with van der Waals surface area (Å²) in [6, 6.07) is 8.37. The van der Waals surface area contributed by atoms with Gasteiger partial charge in [-0.3, -0.25) is 0 Å². The van der Waals surface area contributed by atoms with Crippen molar-refractivity contribution in [1.29, 1.82) is 0 Å².